The molecule has 4 aromatic carbocycles. The Morgan fingerprint density at radius 1 is 1.00 bits per heavy atom. The molecular weight excluding hydrogens is 514 g/mol. The van der Waals surface area contributed by atoms with Crippen molar-refractivity contribution in [3.8, 4) is 23.3 Å². The first kappa shape index (κ1) is 27.3. The van der Waals surface area contributed by atoms with Gasteiger partial charge in [0.15, 0.2) is 11.5 Å². The Labute approximate surface area is 229 Å². The fourth-order valence-corrected chi connectivity index (χ4v) is 3.94. The number of hydrogen-bond acceptors (Lipinski definition) is 8. The van der Waals surface area contributed by atoms with Gasteiger partial charge in [-0.2, -0.15) is 5.26 Å². The minimum Gasteiger partial charge on any atom is -0.495 e. The topological polar surface area (TPSA) is 141 Å². The lowest BCUT2D eigenvalue weighted by atomic mass is 10.0. The van der Waals surface area contributed by atoms with Crippen LogP contribution in [0.2, 0.25) is 0 Å². The number of rotatable bonds is 9. The molecule has 0 radical (unpaired) electrons. The van der Waals surface area contributed by atoms with Gasteiger partial charge in [0, 0.05) is 12.1 Å². The number of hydrogen-bond donors (Lipinski definition) is 1. The minimum absolute atomic E-state index is 0.0357. The highest BCUT2D eigenvalue weighted by Crippen LogP contribution is 2.32. The third kappa shape index (κ3) is 6.06. The average Bonchev–Trinajstić information content (AvgIpc) is 2.96. The summed E-state index contributed by atoms with van der Waals surface area (Å²) in [5.41, 5.74) is 0.314. The number of anilines is 1. The summed E-state index contributed by atoms with van der Waals surface area (Å²) in [7, 11) is 1.35. The monoisotopic (exact) mass is 537 g/mol. The molecule has 10 nitrogen and oxygen atoms in total. The fourth-order valence-electron chi connectivity index (χ4n) is 3.94. The third-order valence-corrected chi connectivity index (χ3v) is 5.80. The van der Waals surface area contributed by atoms with E-state index in [1.165, 1.54) is 37.5 Å². The molecule has 0 aliphatic heterocycles. The molecule has 200 valence electrons. The van der Waals surface area contributed by atoms with Crippen molar-refractivity contribution in [2.24, 2.45) is 0 Å². The number of nitro groups is 1. The van der Waals surface area contributed by atoms with Crippen molar-refractivity contribution >= 4 is 40.1 Å². The number of nitro benzene ring substituents is 1. The van der Waals surface area contributed by atoms with Crippen LogP contribution in [0.25, 0.3) is 16.8 Å². The summed E-state index contributed by atoms with van der Waals surface area (Å²) >= 11 is 0. The van der Waals surface area contributed by atoms with Crippen molar-refractivity contribution < 1.29 is 28.7 Å². The molecule has 1 N–H and O–H groups in total. The highest BCUT2D eigenvalue weighted by Gasteiger charge is 2.18. The molecule has 0 atom stereocenters. The molecule has 0 aliphatic rings. The van der Waals surface area contributed by atoms with E-state index in [4.69, 9.17) is 14.2 Å². The summed E-state index contributed by atoms with van der Waals surface area (Å²) in [6.07, 6.45) is 1.32. The van der Waals surface area contributed by atoms with Crippen molar-refractivity contribution in [3.63, 3.8) is 0 Å². The van der Waals surface area contributed by atoms with E-state index in [9.17, 15) is 25.0 Å². The normalized spacial score (nSPS) is 10.9. The number of benzene rings is 4. The van der Waals surface area contributed by atoms with Crippen LogP contribution in [0, 0.1) is 21.4 Å². The van der Waals surface area contributed by atoms with Crippen LogP contribution in [0.15, 0.2) is 84.4 Å². The summed E-state index contributed by atoms with van der Waals surface area (Å²) in [5, 5.41) is 24.9. The lowest BCUT2D eigenvalue weighted by Crippen LogP contribution is -2.14. The Kier molecular flexibility index (Phi) is 8.37. The van der Waals surface area contributed by atoms with Gasteiger partial charge in [-0.05, 0) is 53.6 Å². The largest absolute Gasteiger partial charge is 0.495 e. The predicted octanol–water partition coefficient (Wildman–Crippen LogP) is 5.92. The number of nitrogens with zero attached hydrogens (tertiary/aromatic N) is 2. The zero-order valence-electron chi connectivity index (χ0n) is 21.5. The maximum absolute atomic E-state index is 13.0. The van der Waals surface area contributed by atoms with Gasteiger partial charge in [0.25, 0.3) is 11.6 Å². The molecule has 4 aromatic rings. The fraction of sp³-hybridized carbons (Fsp3) is 0.100. The molecule has 0 saturated carbocycles. The van der Waals surface area contributed by atoms with E-state index in [2.05, 4.69) is 5.32 Å². The van der Waals surface area contributed by atoms with Gasteiger partial charge >= 0.3 is 5.97 Å². The molecule has 40 heavy (non-hydrogen) atoms. The Balaban J connectivity index is 1.60. The van der Waals surface area contributed by atoms with E-state index in [1.54, 1.807) is 25.1 Å². The number of nitrogens with one attached hydrogen (secondary N) is 1. The van der Waals surface area contributed by atoms with Gasteiger partial charge < -0.3 is 19.5 Å². The molecule has 0 aromatic heterocycles. The van der Waals surface area contributed by atoms with Crippen molar-refractivity contribution in [3.05, 3.63) is 106 Å². The molecule has 0 saturated heterocycles. The zero-order valence-corrected chi connectivity index (χ0v) is 21.5. The first-order valence-corrected chi connectivity index (χ1v) is 12.1. The molecule has 0 unspecified atom stereocenters. The number of non-ortho nitro benzene ring substituents is 1. The molecule has 0 fully saturated rings. The van der Waals surface area contributed by atoms with Gasteiger partial charge in [0.1, 0.15) is 17.4 Å². The van der Waals surface area contributed by atoms with E-state index in [-0.39, 0.29) is 40.8 Å². The minimum atomic E-state index is -0.800. The highest BCUT2D eigenvalue weighted by atomic mass is 16.6. The van der Waals surface area contributed by atoms with Crippen LogP contribution in [0.1, 0.15) is 22.8 Å². The van der Waals surface area contributed by atoms with Crippen LogP contribution < -0.4 is 19.5 Å². The molecular formula is C30H23N3O7. The van der Waals surface area contributed by atoms with Crippen molar-refractivity contribution in [2.75, 3.05) is 19.0 Å². The van der Waals surface area contributed by atoms with Crippen LogP contribution in [-0.4, -0.2) is 30.5 Å². The molecule has 0 spiro atoms. The van der Waals surface area contributed by atoms with Crippen LogP contribution >= 0.6 is 0 Å². The SMILES string of the molecule is CCOc1cc(/C=C(\C#N)C(=O)Nc2cc([N+](=O)[O-])ccc2OC)ccc1OC(=O)c1cccc2ccccc12. The molecule has 0 heterocycles. The first-order chi connectivity index (χ1) is 19.3. The number of carbonyl (C=O) groups excluding carboxylic acids is 2. The smallest absolute Gasteiger partial charge is 0.344 e. The number of amides is 1. The zero-order chi connectivity index (χ0) is 28.6. The molecule has 4 rings (SSSR count). The second kappa shape index (κ2) is 12.2. The van der Waals surface area contributed by atoms with Gasteiger partial charge in [0.05, 0.1) is 29.9 Å². The second-order valence-corrected chi connectivity index (χ2v) is 8.32. The van der Waals surface area contributed by atoms with Crippen LogP contribution in [0.5, 0.6) is 17.2 Å². The predicted molar refractivity (Wildman–Crippen MR) is 148 cm³/mol. The first-order valence-electron chi connectivity index (χ1n) is 12.1. The number of fused-ring (bicyclic) bond motifs is 1. The Bertz CT molecular complexity index is 1680. The average molecular weight is 538 g/mol. The standard InChI is InChI=1S/C30H23N3O7/c1-3-39-28-16-19(11-13-27(28)40-30(35)24-10-6-8-20-7-4-5-9-23(20)24)15-21(18-31)29(34)32-25-17-22(33(36)37)12-14-26(25)38-2/h4-17H,3H2,1-2H3,(H,32,34)/b21-15+. The maximum atomic E-state index is 13.0. The van der Waals surface area contributed by atoms with Crippen LogP contribution in [0.4, 0.5) is 11.4 Å². The van der Waals surface area contributed by atoms with Crippen molar-refractivity contribution in [1.29, 1.82) is 5.26 Å². The molecule has 10 heteroatoms. The maximum Gasteiger partial charge on any atom is 0.344 e. The Hall–Kier alpha value is -5.69. The van der Waals surface area contributed by atoms with E-state index in [0.29, 0.717) is 11.1 Å². The molecule has 0 aliphatic carbocycles. The quantitative estimate of drug-likeness (QED) is 0.0693. The Morgan fingerprint density at radius 3 is 2.48 bits per heavy atom. The highest BCUT2D eigenvalue weighted by molar-refractivity contribution is 6.10. The van der Waals surface area contributed by atoms with Gasteiger partial charge in [0.2, 0.25) is 0 Å². The van der Waals surface area contributed by atoms with E-state index in [0.717, 1.165) is 16.8 Å². The van der Waals surface area contributed by atoms with E-state index < -0.39 is 16.8 Å². The van der Waals surface area contributed by atoms with Gasteiger partial charge in [-0.3, -0.25) is 14.9 Å². The van der Waals surface area contributed by atoms with Gasteiger partial charge in [-0.15, -0.1) is 0 Å². The van der Waals surface area contributed by atoms with E-state index in [1.807, 2.05) is 36.4 Å². The van der Waals surface area contributed by atoms with Gasteiger partial charge in [-0.1, -0.05) is 42.5 Å². The summed E-state index contributed by atoms with van der Waals surface area (Å²) in [5.74, 6) is -0.772. The van der Waals surface area contributed by atoms with Crippen LogP contribution in [0.3, 0.4) is 0 Å². The Morgan fingerprint density at radius 2 is 1.75 bits per heavy atom. The van der Waals surface area contributed by atoms with E-state index >= 15 is 0 Å². The lowest BCUT2D eigenvalue weighted by Gasteiger charge is -2.13. The number of nitriles is 1. The number of methoxy groups -OCH3 is 1. The third-order valence-electron chi connectivity index (χ3n) is 5.80. The van der Waals surface area contributed by atoms with Gasteiger partial charge in [-0.25, -0.2) is 4.79 Å². The number of esters is 1. The summed E-state index contributed by atoms with van der Waals surface area (Å²) in [6, 6.07) is 23.0. The second-order valence-electron chi connectivity index (χ2n) is 8.32. The number of carbonyl (C=O) groups is 2. The lowest BCUT2D eigenvalue weighted by molar-refractivity contribution is -0.384. The summed E-state index contributed by atoms with van der Waals surface area (Å²) < 4.78 is 16.5. The number of ether oxygens (including phenoxy) is 3. The molecule has 0 bridgehead atoms. The molecule has 1 amide bonds. The summed E-state index contributed by atoms with van der Waals surface area (Å²) in [6.45, 7) is 2.03. The summed E-state index contributed by atoms with van der Waals surface area (Å²) in [4.78, 5) is 36.4. The van der Waals surface area contributed by atoms with Crippen molar-refractivity contribution in [1.82, 2.24) is 0 Å². The van der Waals surface area contributed by atoms with Crippen LogP contribution in [-0.2, 0) is 4.79 Å². The van der Waals surface area contributed by atoms with Crippen molar-refractivity contribution in [2.45, 2.75) is 6.92 Å².